The third kappa shape index (κ3) is 3.73. The molecule has 2 aliphatic heterocycles. The van der Waals surface area contributed by atoms with Gasteiger partial charge in [0.2, 0.25) is 0 Å². The van der Waals surface area contributed by atoms with E-state index in [9.17, 15) is 24.6 Å². The summed E-state index contributed by atoms with van der Waals surface area (Å²) in [7, 11) is 0. The van der Waals surface area contributed by atoms with Crippen LogP contribution in [0.1, 0.15) is 46.5 Å². The van der Waals surface area contributed by atoms with Gasteiger partial charge in [-0.05, 0) is 53.0 Å². The van der Waals surface area contributed by atoms with Gasteiger partial charge < -0.3 is 20.3 Å². The molecule has 0 aliphatic carbocycles. The molecule has 142 valence electrons. The standard InChI is InChI=1S/C17H28N2O6/c1-16(2,3)25-15(24)19-9-5-7-12(13(20)21)17(19,14(22)23)11-6-4-8-18-10-11/h11-12,18H,4-10H2,1-3H3,(H,20,21)(H,22,23). The van der Waals surface area contributed by atoms with Crippen LogP contribution < -0.4 is 5.32 Å². The number of aliphatic carboxylic acids is 2. The number of piperidine rings is 2. The highest BCUT2D eigenvalue weighted by molar-refractivity contribution is 5.91. The van der Waals surface area contributed by atoms with Gasteiger partial charge in [0.05, 0.1) is 5.92 Å². The molecule has 0 spiro atoms. The molecule has 8 heteroatoms. The predicted octanol–water partition coefficient (Wildman–Crippen LogP) is 1.54. The summed E-state index contributed by atoms with van der Waals surface area (Å²) in [6.07, 6.45) is 1.21. The predicted molar refractivity (Wildman–Crippen MR) is 89.3 cm³/mol. The zero-order valence-electron chi connectivity index (χ0n) is 15.1. The molecule has 2 rings (SSSR count). The van der Waals surface area contributed by atoms with Gasteiger partial charge in [0.15, 0.2) is 5.54 Å². The monoisotopic (exact) mass is 356 g/mol. The van der Waals surface area contributed by atoms with E-state index in [1.165, 1.54) is 4.90 Å². The van der Waals surface area contributed by atoms with Crippen molar-refractivity contribution in [2.75, 3.05) is 19.6 Å². The molecule has 8 nitrogen and oxygen atoms in total. The molecule has 0 aromatic heterocycles. The number of likely N-dealkylation sites (tertiary alicyclic amines) is 1. The van der Waals surface area contributed by atoms with Crippen molar-refractivity contribution in [2.24, 2.45) is 11.8 Å². The van der Waals surface area contributed by atoms with E-state index in [1.54, 1.807) is 20.8 Å². The number of nitrogens with one attached hydrogen (secondary N) is 1. The van der Waals surface area contributed by atoms with Crippen LogP contribution in [0.5, 0.6) is 0 Å². The number of carbonyl (C=O) groups excluding carboxylic acids is 1. The molecule has 1 amide bonds. The van der Waals surface area contributed by atoms with Crippen molar-refractivity contribution in [3.63, 3.8) is 0 Å². The van der Waals surface area contributed by atoms with Crippen molar-refractivity contribution in [2.45, 2.75) is 57.6 Å². The second-order valence-corrected chi connectivity index (χ2v) is 7.84. The van der Waals surface area contributed by atoms with Crippen molar-refractivity contribution in [3.05, 3.63) is 0 Å². The Kier molecular flexibility index (Phi) is 5.61. The average molecular weight is 356 g/mol. The topological polar surface area (TPSA) is 116 Å². The van der Waals surface area contributed by atoms with E-state index in [1.807, 2.05) is 0 Å². The van der Waals surface area contributed by atoms with Gasteiger partial charge in [-0.2, -0.15) is 0 Å². The van der Waals surface area contributed by atoms with E-state index in [0.717, 1.165) is 13.0 Å². The molecule has 0 radical (unpaired) electrons. The Bertz CT molecular complexity index is 538. The number of carboxylic acids is 2. The van der Waals surface area contributed by atoms with Crippen LogP contribution >= 0.6 is 0 Å². The Morgan fingerprint density at radius 1 is 1.16 bits per heavy atom. The third-order valence-corrected chi connectivity index (χ3v) is 5.03. The van der Waals surface area contributed by atoms with Gasteiger partial charge in [-0.15, -0.1) is 0 Å². The average Bonchev–Trinajstić information content (AvgIpc) is 2.52. The Hall–Kier alpha value is -1.83. The maximum atomic E-state index is 12.8. The van der Waals surface area contributed by atoms with Crippen LogP contribution in [0.4, 0.5) is 4.79 Å². The van der Waals surface area contributed by atoms with Crippen molar-refractivity contribution < 1.29 is 29.3 Å². The Morgan fingerprint density at radius 3 is 2.32 bits per heavy atom. The van der Waals surface area contributed by atoms with Gasteiger partial charge in [0.1, 0.15) is 5.60 Å². The van der Waals surface area contributed by atoms with Gasteiger partial charge in [-0.3, -0.25) is 9.69 Å². The van der Waals surface area contributed by atoms with Crippen LogP contribution in [-0.4, -0.2) is 63.9 Å². The zero-order valence-corrected chi connectivity index (χ0v) is 15.1. The van der Waals surface area contributed by atoms with Gasteiger partial charge in [0.25, 0.3) is 0 Å². The summed E-state index contributed by atoms with van der Waals surface area (Å²) in [6.45, 7) is 6.42. The minimum absolute atomic E-state index is 0.182. The molecule has 0 aromatic carbocycles. The SMILES string of the molecule is CC(C)(C)OC(=O)N1CCCC(C(=O)O)C1(C(=O)O)C1CCCNC1. The molecular formula is C17H28N2O6. The fraction of sp³-hybridized carbons (Fsp3) is 0.824. The van der Waals surface area contributed by atoms with Crippen molar-refractivity contribution in [1.29, 1.82) is 0 Å². The minimum Gasteiger partial charge on any atom is -0.481 e. The van der Waals surface area contributed by atoms with E-state index in [-0.39, 0.29) is 13.0 Å². The van der Waals surface area contributed by atoms with Crippen molar-refractivity contribution in [1.82, 2.24) is 10.2 Å². The number of ether oxygens (including phenoxy) is 1. The Morgan fingerprint density at radius 2 is 1.84 bits per heavy atom. The molecule has 0 aromatic rings. The largest absolute Gasteiger partial charge is 0.481 e. The Balaban J connectivity index is 2.51. The normalized spacial score (nSPS) is 30.6. The summed E-state index contributed by atoms with van der Waals surface area (Å²) in [5, 5.41) is 23.0. The third-order valence-electron chi connectivity index (χ3n) is 5.03. The first-order valence-corrected chi connectivity index (χ1v) is 8.78. The number of rotatable bonds is 3. The lowest BCUT2D eigenvalue weighted by atomic mass is 9.66. The molecule has 25 heavy (non-hydrogen) atoms. The number of hydrogen-bond acceptors (Lipinski definition) is 5. The lowest BCUT2D eigenvalue weighted by Crippen LogP contribution is -2.71. The zero-order chi connectivity index (χ0) is 18.8. The fourth-order valence-electron chi connectivity index (χ4n) is 4.09. The number of amides is 1. The van der Waals surface area contributed by atoms with Crippen LogP contribution in [-0.2, 0) is 14.3 Å². The summed E-state index contributed by atoms with van der Waals surface area (Å²) in [5.41, 5.74) is -2.58. The molecular weight excluding hydrogens is 328 g/mol. The first-order chi connectivity index (χ1) is 11.6. The maximum absolute atomic E-state index is 12.8. The molecule has 2 saturated heterocycles. The lowest BCUT2D eigenvalue weighted by molar-refractivity contribution is -0.175. The second kappa shape index (κ2) is 7.19. The van der Waals surface area contributed by atoms with Gasteiger partial charge in [-0.25, -0.2) is 9.59 Å². The smallest absolute Gasteiger partial charge is 0.411 e. The van der Waals surface area contributed by atoms with Crippen LogP contribution in [0.15, 0.2) is 0 Å². The first-order valence-electron chi connectivity index (χ1n) is 8.78. The summed E-state index contributed by atoms with van der Waals surface area (Å²) >= 11 is 0. The van der Waals surface area contributed by atoms with Gasteiger partial charge in [0, 0.05) is 19.0 Å². The molecule has 3 atom stereocenters. The molecule has 0 bridgehead atoms. The van der Waals surface area contributed by atoms with Crippen LogP contribution in [0.3, 0.4) is 0 Å². The van der Waals surface area contributed by atoms with E-state index in [2.05, 4.69) is 5.32 Å². The highest BCUT2D eigenvalue weighted by Crippen LogP contribution is 2.43. The van der Waals surface area contributed by atoms with Crippen LogP contribution in [0.25, 0.3) is 0 Å². The minimum atomic E-state index is -1.79. The summed E-state index contributed by atoms with van der Waals surface area (Å²) in [4.78, 5) is 38.3. The molecule has 0 saturated carbocycles. The summed E-state index contributed by atoms with van der Waals surface area (Å²) in [5.74, 6) is -4.08. The first kappa shape index (κ1) is 19.5. The van der Waals surface area contributed by atoms with E-state index in [4.69, 9.17) is 4.74 Å². The summed E-state index contributed by atoms with van der Waals surface area (Å²) < 4.78 is 5.41. The number of carboxylic acid groups (broad SMARTS) is 2. The molecule has 3 N–H and O–H groups in total. The number of nitrogens with zero attached hydrogens (tertiary/aromatic N) is 1. The van der Waals surface area contributed by atoms with Gasteiger partial charge in [-0.1, -0.05) is 0 Å². The lowest BCUT2D eigenvalue weighted by Gasteiger charge is -2.52. The van der Waals surface area contributed by atoms with E-state index in [0.29, 0.717) is 19.4 Å². The van der Waals surface area contributed by atoms with Crippen LogP contribution in [0, 0.1) is 11.8 Å². The van der Waals surface area contributed by atoms with Crippen molar-refractivity contribution in [3.8, 4) is 0 Å². The quantitative estimate of drug-likeness (QED) is 0.702. The van der Waals surface area contributed by atoms with Crippen LogP contribution in [0.2, 0.25) is 0 Å². The Labute approximate surface area is 147 Å². The number of hydrogen-bond donors (Lipinski definition) is 3. The second-order valence-electron chi connectivity index (χ2n) is 7.84. The number of carbonyl (C=O) groups is 3. The van der Waals surface area contributed by atoms with Crippen molar-refractivity contribution >= 4 is 18.0 Å². The van der Waals surface area contributed by atoms with E-state index < -0.39 is 41.0 Å². The molecule has 2 heterocycles. The summed E-state index contributed by atoms with van der Waals surface area (Å²) in [6, 6.07) is 0. The fourth-order valence-corrected chi connectivity index (χ4v) is 4.09. The molecule has 2 aliphatic rings. The highest BCUT2D eigenvalue weighted by Gasteiger charge is 2.62. The van der Waals surface area contributed by atoms with Gasteiger partial charge >= 0.3 is 18.0 Å². The molecule has 3 unspecified atom stereocenters. The van der Waals surface area contributed by atoms with E-state index >= 15 is 0 Å². The molecule has 2 fully saturated rings. The maximum Gasteiger partial charge on any atom is 0.411 e. The highest BCUT2D eigenvalue weighted by atomic mass is 16.6.